The van der Waals surface area contributed by atoms with Gasteiger partial charge in [-0.15, -0.1) is 0 Å². The molecule has 1 aliphatic carbocycles. The molecule has 4 rings (SSSR count). The second-order valence-electron chi connectivity index (χ2n) is 6.37. The van der Waals surface area contributed by atoms with Crippen LogP contribution in [0.5, 0.6) is 0 Å². The van der Waals surface area contributed by atoms with Crippen LogP contribution < -0.4 is 0 Å². The number of rotatable bonds is 2. The molecule has 1 saturated carbocycles. The van der Waals surface area contributed by atoms with E-state index >= 15 is 0 Å². The summed E-state index contributed by atoms with van der Waals surface area (Å²) in [5.74, 6) is 1.14. The van der Waals surface area contributed by atoms with Crippen LogP contribution in [0.25, 0.3) is 0 Å². The number of hydrogen-bond acceptors (Lipinski definition) is 6. The van der Waals surface area contributed by atoms with Crippen LogP contribution >= 0.6 is 0 Å². The number of aromatic nitrogens is 2. The summed E-state index contributed by atoms with van der Waals surface area (Å²) in [6.07, 6.45) is 5.87. The van der Waals surface area contributed by atoms with Crippen molar-refractivity contribution >= 4 is 5.78 Å². The Morgan fingerprint density at radius 1 is 1.19 bits per heavy atom. The van der Waals surface area contributed by atoms with E-state index < -0.39 is 0 Å². The molecule has 0 aromatic carbocycles. The van der Waals surface area contributed by atoms with E-state index in [1.807, 2.05) is 0 Å². The average Bonchev–Trinajstić information content (AvgIpc) is 3.16. The summed E-state index contributed by atoms with van der Waals surface area (Å²) in [5.41, 5.74) is 0. The number of ether oxygens (including phenoxy) is 1. The fourth-order valence-corrected chi connectivity index (χ4v) is 3.74. The Morgan fingerprint density at radius 3 is 3.05 bits per heavy atom. The lowest BCUT2D eigenvalue weighted by molar-refractivity contribution is -0.122. The Bertz CT molecular complexity index is 530. The summed E-state index contributed by atoms with van der Waals surface area (Å²) >= 11 is 0. The molecule has 3 heterocycles. The lowest BCUT2D eigenvalue weighted by Gasteiger charge is -2.33. The third-order valence-electron chi connectivity index (χ3n) is 4.99. The topological polar surface area (TPSA) is 68.5 Å². The van der Waals surface area contributed by atoms with Gasteiger partial charge in [-0.2, -0.15) is 4.98 Å². The van der Waals surface area contributed by atoms with Crippen LogP contribution in [0.15, 0.2) is 4.52 Å². The van der Waals surface area contributed by atoms with E-state index in [2.05, 4.69) is 15.0 Å². The molecule has 3 unspecified atom stereocenters. The van der Waals surface area contributed by atoms with Crippen molar-refractivity contribution < 1.29 is 14.1 Å². The molecule has 3 aliphatic rings. The Balaban J connectivity index is 1.48. The minimum Gasteiger partial charge on any atom is -0.367 e. The number of hydrogen-bond donors (Lipinski definition) is 0. The SMILES string of the molecule is O=C1CCCCC1c1nc(C2CN3CCCC3CO2)no1. The zero-order valence-corrected chi connectivity index (χ0v) is 12.2. The molecule has 2 aliphatic heterocycles. The predicted octanol–water partition coefficient (Wildman–Crippen LogP) is 1.83. The van der Waals surface area contributed by atoms with Crippen molar-refractivity contribution in [3.05, 3.63) is 11.7 Å². The molecule has 1 aromatic heterocycles. The molecule has 3 fully saturated rings. The number of morpholine rings is 1. The van der Waals surface area contributed by atoms with Gasteiger partial charge in [-0.3, -0.25) is 9.69 Å². The van der Waals surface area contributed by atoms with Crippen molar-refractivity contribution in [2.45, 2.75) is 56.6 Å². The second kappa shape index (κ2) is 5.50. The smallest absolute Gasteiger partial charge is 0.237 e. The summed E-state index contributed by atoms with van der Waals surface area (Å²) in [6, 6.07) is 0.563. The van der Waals surface area contributed by atoms with Gasteiger partial charge in [-0.1, -0.05) is 11.6 Å². The normalized spacial score (nSPS) is 34.1. The molecule has 0 amide bonds. The number of nitrogens with zero attached hydrogens (tertiary/aromatic N) is 3. The fraction of sp³-hybridized carbons (Fsp3) is 0.800. The van der Waals surface area contributed by atoms with Crippen LogP contribution in [0.3, 0.4) is 0 Å². The van der Waals surface area contributed by atoms with Crippen molar-refractivity contribution in [1.82, 2.24) is 15.0 Å². The van der Waals surface area contributed by atoms with Gasteiger partial charge < -0.3 is 9.26 Å². The number of carbonyl (C=O) groups is 1. The van der Waals surface area contributed by atoms with E-state index in [4.69, 9.17) is 9.26 Å². The molecule has 3 atom stereocenters. The monoisotopic (exact) mass is 291 g/mol. The quantitative estimate of drug-likeness (QED) is 0.828. The van der Waals surface area contributed by atoms with Gasteiger partial charge in [0.2, 0.25) is 11.7 Å². The fourth-order valence-electron chi connectivity index (χ4n) is 3.74. The molecule has 0 N–H and O–H groups in total. The van der Waals surface area contributed by atoms with Gasteiger partial charge in [0.25, 0.3) is 0 Å². The molecule has 1 aromatic rings. The van der Waals surface area contributed by atoms with Gasteiger partial charge in [-0.25, -0.2) is 0 Å². The Kier molecular flexibility index (Phi) is 3.51. The Labute approximate surface area is 123 Å². The molecule has 0 spiro atoms. The molecule has 0 radical (unpaired) electrons. The minimum absolute atomic E-state index is 0.115. The number of Topliss-reactive ketones (excluding diaryl/α,β-unsaturated/α-hetero) is 1. The first-order valence-electron chi connectivity index (χ1n) is 8.03. The average molecular weight is 291 g/mol. The van der Waals surface area contributed by atoms with Gasteiger partial charge in [0, 0.05) is 19.0 Å². The number of ketones is 1. The molecule has 2 saturated heterocycles. The summed E-state index contributed by atoms with van der Waals surface area (Å²) in [4.78, 5) is 18.9. The highest BCUT2D eigenvalue weighted by Crippen LogP contribution is 2.32. The maximum Gasteiger partial charge on any atom is 0.237 e. The van der Waals surface area contributed by atoms with E-state index in [0.717, 1.165) is 39.0 Å². The first-order valence-corrected chi connectivity index (χ1v) is 8.03. The molecule has 114 valence electrons. The first-order chi connectivity index (χ1) is 10.3. The molecular formula is C15H21N3O3. The van der Waals surface area contributed by atoms with Gasteiger partial charge in [0.1, 0.15) is 11.9 Å². The predicted molar refractivity (Wildman–Crippen MR) is 73.8 cm³/mol. The Morgan fingerprint density at radius 2 is 2.14 bits per heavy atom. The maximum absolute atomic E-state index is 12.0. The third-order valence-corrected chi connectivity index (χ3v) is 4.99. The van der Waals surface area contributed by atoms with E-state index in [1.54, 1.807) is 0 Å². The van der Waals surface area contributed by atoms with Crippen LogP contribution in [-0.4, -0.2) is 46.6 Å². The molecule has 6 heteroatoms. The van der Waals surface area contributed by atoms with Gasteiger partial charge in [0.15, 0.2) is 0 Å². The van der Waals surface area contributed by atoms with Crippen LogP contribution in [0.2, 0.25) is 0 Å². The van der Waals surface area contributed by atoms with Crippen molar-refractivity contribution in [2.75, 3.05) is 19.7 Å². The number of fused-ring (bicyclic) bond motifs is 1. The first kappa shape index (κ1) is 13.4. The molecule has 0 bridgehead atoms. The zero-order valence-electron chi connectivity index (χ0n) is 12.2. The zero-order chi connectivity index (χ0) is 14.2. The van der Waals surface area contributed by atoms with E-state index in [-0.39, 0.29) is 17.8 Å². The van der Waals surface area contributed by atoms with Crippen LogP contribution in [0, 0.1) is 0 Å². The van der Waals surface area contributed by atoms with Gasteiger partial charge in [-0.05, 0) is 32.2 Å². The lowest BCUT2D eigenvalue weighted by Crippen LogP contribution is -2.42. The Hall–Kier alpha value is -1.27. The standard InChI is InChI=1S/C15H21N3O3/c19-12-6-2-1-5-11(12)15-16-14(17-21-15)13-8-18-7-3-4-10(18)9-20-13/h10-11,13H,1-9H2. The third kappa shape index (κ3) is 2.51. The van der Waals surface area contributed by atoms with Gasteiger partial charge >= 0.3 is 0 Å². The summed E-state index contributed by atoms with van der Waals surface area (Å²) in [7, 11) is 0. The van der Waals surface area contributed by atoms with Crippen LogP contribution in [0.4, 0.5) is 0 Å². The minimum atomic E-state index is -0.192. The van der Waals surface area contributed by atoms with Crippen molar-refractivity contribution in [3.63, 3.8) is 0 Å². The molecule has 21 heavy (non-hydrogen) atoms. The van der Waals surface area contributed by atoms with Crippen molar-refractivity contribution in [3.8, 4) is 0 Å². The van der Waals surface area contributed by atoms with E-state index in [0.29, 0.717) is 24.2 Å². The molecule has 6 nitrogen and oxygen atoms in total. The lowest BCUT2D eigenvalue weighted by atomic mass is 9.88. The van der Waals surface area contributed by atoms with Crippen molar-refractivity contribution in [2.24, 2.45) is 0 Å². The van der Waals surface area contributed by atoms with E-state index in [9.17, 15) is 4.79 Å². The second-order valence-corrected chi connectivity index (χ2v) is 6.37. The maximum atomic E-state index is 12.0. The van der Waals surface area contributed by atoms with Crippen LogP contribution in [-0.2, 0) is 9.53 Å². The highest BCUT2D eigenvalue weighted by Gasteiger charge is 2.36. The van der Waals surface area contributed by atoms with Crippen LogP contribution in [0.1, 0.15) is 62.3 Å². The highest BCUT2D eigenvalue weighted by atomic mass is 16.5. The van der Waals surface area contributed by atoms with E-state index in [1.165, 1.54) is 12.8 Å². The highest BCUT2D eigenvalue weighted by molar-refractivity contribution is 5.85. The number of carbonyl (C=O) groups excluding carboxylic acids is 1. The summed E-state index contributed by atoms with van der Waals surface area (Å²) < 4.78 is 11.3. The van der Waals surface area contributed by atoms with Gasteiger partial charge in [0.05, 0.1) is 12.5 Å². The summed E-state index contributed by atoms with van der Waals surface area (Å²) in [6.45, 7) is 2.72. The molecular weight excluding hydrogens is 270 g/mol. The summed E-state index contributed by atoms with van der Waals surface area (Å²) in [5, 5.41) is 4.07. The van der Waals surface area contributed by atoms with Crippen molar-refractivity contribution in [1.29, 1.82) is 0 Å². The largest absolute Gasteiger partial charge is 0.367 e.